The first kappa shape index (κ1) is 15.7. The first-order valence-corrected chi connectivity index (χ1v) is 9.67. The third kappa shape index (κ3) is 2.83. The molecule has 1 atom stereocenters. The molecule has 3 heterocycles. The van der Waals surface area contributed by atoms with Crippen LogP contribution in [-0.4, -0.2) is 32.5 Å². The summed E-state index contributed by atoms with van der Waals surface area (Å²) in [7, 11) is 0. The van der Waals surface area contributed by atoms with Crippen LogP contribution < -0.4 is 4.90 Å². The Balaban J connectivity index is 1.47. The first-order chi connectivity index (χ1) is 11.7. The molecule has 5 nitrogen and oxygen atoms in total. The highest BCUT2D eigenvalue weighted by Gasteiger charge is 2.30. The Kier molecular flexibility index (Phi) is 4.31. The molecule has 0 saturated heterocycles. The molecule has 126 valence electrons. The second-order valence-corrected chi connectivity index (χ2v) is 7.54. The SMILES string of the molecule is C[C@H]1Cc2ccccc2N1C(=O)CSc1nnc2n1CCCCC2. The van der Waals surface area contributed by atoms with Crippen LogP contribution in [-0.2, 0) is 24.2 Å². The van der Waals surface area contributed by atoms with Gasteiger partial charge in [0, 0.05) is 24.7 Å². The van der Waals surface area contributed by atoms with Crippen LogP contribution in [0.5, 0.6) is 0 Å². The third-order valence-corrected chi connectivity index (χ3v) is 5.83. The summed E-state index contributed by atoms with van der Waals surface area (Å²) in [4.78, 5) is 14.7. The minimum atomic E-state index is 0.156. The van der Waals surface area contributed by atoms with E-state index < -0.39 is 0 Å². The van der Waals surface area contributed by atoms with Crippen molar-refractivity contribution in [3.05, 3.63) is 35.7 Å². The average Bonchev–Trinajstić information content (AvgIpc) is 3.03. The molecule has 0 aliphatic carbocycles. The Morgan fingerprint density at radius 3 is 3.04 bits per heavy atom. The van der Waals surface area contributed by atoms with Crippen molar-refractivity contribution in [2.24, 2.45) is 0 Å². The smallest absolute Gasteiger partial charge is 0.237 e. The van der Waals surface area contributed by atoms with Gasteiger partial charge in [-0.05, 0) is 37.8 Å². The molecule has 4 rings (SSSR count). The molecule has 0 saturated carbocycles. The van der Waals surface area contributed by atoms with E-state index in [9.17, 15) is 4.79 Å². The van der Waals surface area contributed by atoms with Crippen molar-refractivity contribution in [1.29, 1.82) is 0 Å². The molecule has 1 aromatic heterocycles. The lowest BCUT2D eigenvalue weighted by atomic mass is 10.1. The molecule has 2 aliphatic rings. The lowest BCUT2D eigenvalue weighted by Gasteiger charge is -2.22. The third-order valence-electron chi connectivity index (χ3n) is 4.88. The number of aryl methyl sites for hydroxylation is 1. The van der Waals surface area contributed by atoms with Crippen LogP contribution in [0, 0.1) is 0 Å². The summed E-state index contributed by atoms with van der Waals surface area (Å²) in [5.41, 5.74) is 2.33. The molecule has 0 bridgehead atoms. The van der Waals surface area contributed by atoms with Gasteiger partial charge in [-0.1, -0.05) is 36.4 Å². The topological polar surface area (TPSA) is 51.0 Å². The Bertz CT molecular complexity index is 757. The van der Waals surface area contributed by atoms with E-state index in [0.717, 1.165) is 36.1 Å². The Labute approximate surface area is 146 Å². The molecular formula is C18H22N4OS. The number of fused-ring (bicyclic) bond motifs is 2. The van der Waals surface area contributed by atoms with Gasteiger partial charge in [0.25, 0.3) is 0 Å². The van der Waals surface area contributed by atoms with Crippen LogP contribution in [0.1, 0.15) is 37.6 Å². The molecule has 0 fully saturated rings. The van der Waals surface area contributed by atoms with E-state index in [2.05, 4.69) is 27.8 Å². The van der Waals surface area contributed by atoms with Crippen LogP contribution >= 0.6 is 11.8 Å². The number of para-hydroxylation sites is 1. The predicted molar refractivity (Wildman–Crippen MR) is 95.4 cm³/mol. The number of rotatable bonds is 3. The van der Waals surface area contributed by atoms with Gasteiger partial charge in [0.1, 0.15) is 5.82 Å². The molecule has 1 aromatic carbocycles. The maximum atomic E-state index is 12.8. The van der Waals surface area contributed by atoms with Crippen LogP contribution in [0.3, 0.4) is 0 Å². The second kappa shape index (κ2) is 6.59. The number of hydrogen-bond donors (Lipinski definition) is 0. The van der Waals surface area contributed by atoms with Crippen molar-refractivity contribution in [1.82, 2.24) is 14.8 Å². The summed E-state index contributed by atoms with van der Waals surface area (Å²) in [6.07, 6.45) is 5.53. The van der Waals surface area contributed by atoms with Gasteiger partial charge in [0.2, 0.25) is 5.91 Å². The van der Waals surface area contributed by atoms with E-state index in [1.807, 2.05) is 23.1 Å². The Morgan fingerprint density at radius 2 is 2.12 bits per heavy atom. The molecule has 0 unspecified atom stereocenters. The van der Waals surface area contributed by atoms with E-state index >= 15 is 0 Å². The maximum Gasteiger partial charge on any atom is 0.237 e. The standard InChI is InChI=1S/C18H22N4OS/c1-13-11-14-7-4-5-8-15(14)22(13)17(23)12-24-18-20-19-16-9-3-2-6-10-21(16)18/h4-5,7-8,13H,2-3,6,9-12H2,1H3/t13-/m0/s1. The first-order valence-electron chi connectivity index (χ1n) is 8.69. The summed E-state index contributed by atoms with van der Waals surface area (Å²) < 4.78 is 2.20. The Morgan fingerprint density at radius 1 is 1.25 bits per heavy atom. The van der Waals surface area contributed by atoms with Crippen LogP contribution in [0.4, 0.5) is 5.69 Å². The normalized spacial score (nSPS) is 19.7. The number of aromatic nitrogens is 3. The van der Waals surface area contributed by atoms with Crippen molar-refractivity contribution in [3.8, 4) is 0 Å². The summed E-state index contributed by atoms with van der Waals surface area (Å²) in [5, 5.41) is 9.51. The number of thioether (sulfide) groups is 1. The van der Waals surface area contributed by atoms with Gasteiger partial charge in [0.15, 0.2) is 5.16 Å². The van der Waals surface area contributed by atoms with Crippen LogP contribution in [0.25, 0.3) is 0 Å². The van der Waals surface area contributed by atoms with Crippen molar-refractivity contribution in [2.45, 2.75) is 56.8 Å². The number of anilines is 1. The molecule has 0 spiro atoms. The number of nitrogens with zero attached hydrogens (tertiary/aromatic N) is 4. The number of carbonyl (C=O) groups excluding carboxylic acids is 1. The van der Waals surface area contributed by atoms with Crippen LogP contribution in [0.15, 0.2) is 29.4 Å². The van der Waals surface area contributed by atoms with Gasteiger partial charge in [0.05, 0.1) is 5.75 Å². The van der Waals surface area contributed by atoms with E-state index in [1.165, 1.54) is 36.6 Å². The zero-order chi connectivity index (χ0) is 16.5. The van der Waals surface area contributed by atoms with E-state index in [1.54, 1.807) is 0 Å². The summed E-state index contributed by atoms with van der Waals surface area (Å²) >= 11 is 1.52. The van der Waals surface area contributed by atoms with Crippen LogP contribution in [0.2, 0.25) is 0 Å². The summed E-state index contributed by atoms with van der Waals surface area (Å²) in [6, 6.07) is 8.43. The van der Waals surface area contributed by atoms with Gasteiger partial charge >= 0.3 is 0 Å². The van der Waals surface area contributed by atoms with Crippen molar-refractivity contribution in [3.63, 3.8) is 0 Å². The molecule has 2 aliphatic heterocycles. The number of benzene rings is 1. The molecule has 0 radical (unpaired) electrons. The Hall–Kier alpha value is -1.82. The number of amides is 1. The minimum Gasteiger partial charge on any atom is -0.308 e. The molecule has 2 aromatic rings. The quantitative estimate of drug-likeness (QED) is 0.805. The van der Waals surface area contributed by atoms with Crippen molar-refractivity contribution >= 4 is 23.4 Å². The van der Waals surface area contributed by atoms with Gasteiger partial charge in [-0.15, -0.1) is 10.2 Å². The zero-order valence-corrected chi connectivity index (χ0v) is 14.8. The largest absolute Gasteiger partial charge is 0.308 e. The number of hydrogen-bond acceptors (Lipinski definition) is 4. The molecular weight excluding hydrogens is 320 g/mol. The molecule has 24 heavy (non-hydrogen) atoms. The monoisotopic (exact) mass is 342 g/mol. The lowest BCUT2D eigenvalue weighted by Crippen LogP contribution is -2.37. The maximum absolute atomic E-state index is 12.8. The highest BCUT2D eigenvalue weighted by atomic mass is 32.2. The van der Waals surface area contributed by atoms with E-state index in [0.29, 0.717) is 5.75 Å². The summed E-state index contributed by atoms with van der Waals surface area (Å²) in [6.45, 7) is 3.09. The fourth-order valence-corrected chi connectivity index (χ4v) is 4.55. The molecule has 1 amide bonds. The highest BCUT2D eigenvalue weighted by Crippen LogP contribution is 2.33. The van der Waals surface area contributed by atoms with Gasteiger partial charge < -0.3 is 9.47 Å². The van der Waals surface area contributed by atoms with E-state index in [-0.39, 0.29) is 11.9 Å². The number of carbonyl (C=O) groups is 1. The zero-order valence-electron chi connectivity index (χ0n) is 13.9. The molecule has 6 heteroatoms. The second-order valence-electron chi connectivity index (χ2n) is 6.60. The summed E-state index contributed by atoms with van der Waals surface area (Å²) in [5.74, 6) is 1.64. The fraction of sp³-hybridized carbons (Fsp3) is 0.500. The minimum absolute atomic E-state index is 0.156. The van der Waals surface area contributed by atoms with Gasteiger partial charge in [-0.3, -0.25) is 4.79 Å². The van der Waals surface area contributed by atoms with Gasteiger partial charge in [-0.2, -0.15) is 0 Å². The average molecular weight is 342 g/mol. The van der Waals surface area contributed by atoms with Gasteiger partial charge in [-0.25, -0.2) is 0 Å². The lowest BCUT2D eigenvalue weighted by molar-refractivity contribution is -0.116. The highest BCUT2D eigenvalue weighted by molar-refractivity contribution is 7.99. The fourth-order valence-electron chi connectivity index (χ4n) is 3.71. The van der Waals surface area contributed by atoms with Crippen molar-refractivity contribution < 1.29 is 4.79 Å². The van der Waals surface area contributed by atoms with Crippen molar-refractivity contribution in [2.75, 3.05) is 10.7 Å². The molecule has 0 N–H and O–H groups in total. The predicted octanol–water partition coefficient (Wildman–Crippen LogP) is 3.07. The van der Waals surface area contributed by atoms with E-state index in [4.69, 9.17) is 0 Å².